The lowest BCUT2D eigenvalue weighted by molar-refractivity contribution is -0.387. The van der Waals surface area contributed by atoms with Gasteiger partial charge in [-0.1, -0.05) is 36.0 Å². The summed E-state index contributed by atoms with van der Waals surface area (Å²) < 4.78 is 15.0. The predicted molar refractivity (Wildman–Crippen MR) is 124 cm³/mol. The van der Waals surface area contributed by atoms with Crippen LogP contribution in [0.15, 0.2) is 76.7 Å². The third-order valence-electron chi connectivity index (χ3n) is 4.76. The van der Waals surface area contributed by atoms with Crippen LogP contribution in [-0.2, 0) is 4.79 Å². The number of hydrogen-bond donors (Lipinski definition) is 1. The molecule has 10 heteroatoms. The monoisotopic (exact) mass is 464 g/mol. The lowest BCUT2D eigenvalue weighted by atomic mass is 10.2. The Morgan fingerprint density at radius 3 is 2.70 bits per heavy atom. The molecule has 4 rings (SSSR count). The zero-order valence-electron chi connectivity index (χ0n) is 17.3. The van der Waals surface area contributed by atoms with Crippen molar-refractivity contribution in [3.05, 3.63) is 98.6 Å². The number of amides is 1. The number of halogens is 1. The first kappa shape index (κ1) is 22.2. The van der Waals surface area contributed by atoms with Crippen LogP contribution >= 0.6 is 11.8 Å². The largest absolute Gasteiger partial charge is 0.325 e. The third-order valence-corrected chi connectivity index (χ3v) is 5.70. The third kappa shape index (κ3) is 4.75. The molecule has 0 aliphatic carbocycles. The van der Waals surface area contributed by atoms with Gasteiger partial charge >= 0.3 is 5.69 Å². The highest BCUT2D eigenvalue weighted by Crippen LogP contribution is 2.24. The number of para-hydroxylation sites is 1. The molecule has 0 saturated carbocycles. The second kappa shape index (κ2) is 9.21. The molecule has 0 unspecified atom stereocenters. The molecule has 0 bridgehead atoms. The van der Waals surface area contributed by atoms with Crippen molar-refractivity contribution >= 4 is 39.9 Å². The van der Waals surface area contributed by atoms with Gasteiger partial charge in [-0.15, -0.1) is 0 Å². The minimum Gasteiger partial charge on any atom is -0.325 e. The summed E-state index contributed by atoms with van der Waals surface area (Å²) >= 11 is 1.05. The number of rotatable bonds is 6. The van der Waals surface area contributed by atoms with Gasteiger partial charge in [0.15, 0.2) is 5.16 Å². The van der Waals surface area contributed by atoms with Gasteiger partial charge in [-0.2, -0.15) is 4.39 Å². The minimum absolute atomic E-state index is 0.0937. The van der Waals surface area contributed by atoms with Crippen LogP contribution in [0.3, 0.4) is 0 Å². The summed E-state index contributed by atoms with van der Waals surface area (Å²) in [5, 5.41) is 14.2. The van der Waals surface area contributed by atoms with E-state index in [1.54, 1.807) is 30.3 Å². The van der Waals surface area contributed by atoms with Gasteiger partial charge < -0.3 is 5.32 Å². The maximum Gasteiger partial charge on any atom is 0.306 e. The molecule has 3 aromatic carbocycles. The number of nitro groups is 1. The molecule has 0 aliphatic rings. The Kier molecular flexibility index (Phi) is 6.18. The van der Waals surface area contributed by atoms with Crippen LogP contribution < -0.4 is 10.9 Å². The fraction of sp³-hybridized carbons (Fsp3) is 0.0870. The zero-order valence-corrected chi connectivity index (χ0v) is 18.1. The van der Waals surface area contributed by atoms with Crippen LogP contribution in [0.5, 0.6) is 0 Å². The fourth-order valence-electron chi connectivity index (χ4n) is 3.26. The number of benzene rings is 3. The topological polar surface area (TPSA) is 107 Å². The molecule has 0 saturated heterocycles. The molecule has 4 aromatic rings. The number of aryl methyl sites for hydroxylation is 1. The van der Waals surface area contributed by atoms with Gasteiger partial charge in [-0.05, 0) is 48.9 Å². The van der Waals surface area contributed by atoms with E-state index in [0.717, 1.165) is 29.5 Å². The van der Waals surface area contributed by atoms with E-state index in [9.17, 15) is 24.1 Å². The average Bonchev–Trinajstić information content (AvgIpc) is 2.79. The van der Waals surface area contributed by atoms with E-state index in [2.05, 4.69) is 10.3 Å². The van der Waals surface area contributed by atoms with Gasteiger partial charge in [0.05, 0.1) is 27.3 Å². The molecule has 1 amide bonds. The summed E-state index contributed by atoms with van der Waals surface area (Å²) in [7, 11) is 0. The lowest BCUT2D eigenvalue weighted by Crippen LogP contribution is -2.23. The molecule has 33 heavy (non-hydrogen) atoms. The van der Waals surface area contributed by atoms with Crippen molar-refractivity contribution in [1.29, 1.82) is 0 Å². The van der Waals surface area contributed by atoms with E-state index >= 15 is 0 Å². The highest BCUT2D eigenvalue weighted by Gasteiger charge is 2.17. The number of carbonyl (C=O) groups excluding carboxylic acids is 1. The molecule has 1 N–H and O–H groups in total. The van der Waals surface area contributed by atoms with Crippen molar-refractivity contribution in [2.45, 2.75) is 12.1 Å². The Bertz CT molecular complexity index is 1450. The Balaban J connectivity index is 1.64. The molecule has 0 radical (unpaired) electrons. The summed E-state index contributed by atoms with van der Waals surface area (Å²) in [5.74, 6) is -1.60. The summed E-state index contributed by atoms with van der Waals surface area (Å²) in [5.41, 5.74) is 1.18. The van der Waals surface area contributed by atoms with Gasteiger partial charge in [0.1, 0.15) is 0 Å². The van der Waals surface area contributed by atoms with E-state index in [0.29, 0.717) is 21.7 Å². The van der Waals surface area contributed by atoms with Gasteiger partial charge in [0, 0.05) is 11.8 Å². The number of carbonyl (C=O) groups is 1. The molecule has 166 valence electrons. The van der Waals surface area contributed by atoms with Crippen molar-refractivity contribution in [1.82, 2.24) is 9.55 Å². The summed E-state index contributed by atoms with van der Waals surface area (Å²) in [6, 6.07) is 17.4. The molecule has 8 nitrogen and oxygen atoms in total. The molecule has 1 heterocycles. The molecular formula is C23H17FN4O4S. The average molecular weight is 464 g/mol. The van der Waals surface area contributed by atoms with Gasteiger partial charge in [-0.3, -0.25) is 24.3 Å². The zero-order chi connectivity index (χ0) is 23.5. The van der Waals surface area contributed by atoms with Crippen molar-refractivity contribution in [2.24, 2.45) is 0 Å². The molecule has 0 atom stereocenters. The Morgan fingerprint density at radius 1 is 1.15 bits per heavy atom. The van der Waals surface area contributed by atoms with Gasteiger partial charge in [-0.25, -0.2) is 4.98 Å². The highest BCUT2D eigenvalue weighted by atomic mass is 32.2. The second-order valence-corrected chi connectivity index (χ2v) is 8.09. The fourth-order valence-corrected chi connectivity index (χ4v) is 4.07. The van der Waals surface area contributed by atoms with E-state index in [4.69, 9.17) is 0 Å². The lowest BCUT2D eigenvalue weighted by Gasteiger charge is -2.13. The van der Waals surface area contributed by atoms with Crippen molar-refractivity contribution in [3.63, 3.8) is 0 Å². The molecule has 0 spiro atoms. The number of nitrogens with one attached hydrogen (secondary N) is 1. The number of fused-ring (bicyclic) bond motifs is 1. The van der Waals surface area contributed by atoms with Crippen molar-refractivity contribution < 1.29 is 14.1 Å². The first-order chi connectivity index (χ1) is 15.8. The quantitative estimate of drug-likeness (QED) is 0.195. The normalized spacial score (nSPS) is 10.8. The molecule has 1 aromatic heterocycles. The SMILES string of the molecule is Cc1cccc(-n2c(SCC(=O)Nc3ccc(F)c([N+](=O)[O-])c3)nc3ccccc3c2=O)c1. The molecule has 0 fully saturated rings. The van der Waals surface area contributed by atoms with Gasteiger partial charge in [0.2, 0.25) is 11.7 Å². The van der Waals surface area contributed by atoms with Crippen LogP contribution in [0.1, 0.15) is 5.56 Å². The number of nitro benzene ring substituents is 1. The Hall–Kier alpha value is -4.05. The molecular weight excluding hydrogens is 447 g/mol. The Morgan fingerprint density at radius 2 is 1.94 bits per heavy atom. The summed E-state index contributed by atoms with van der Waals surface area (Å²) in [6.07, 6.45) is 0. The minimum atomic E-state index is -0.991. The van der Waals surface area contributed by atoms with E-state index in [-0.39, 0.29) is 17.0 Å². The van der Waals surface area contributed by atoms with Crippen LogP contribution in [0.2, 0.25) is 0 Å². The predicted octanol–water partition coefficient (Wildman–Crippen LogP) is 4.47. The number of thioether (sulfide) groups is 1. The van der Waals surface area contributed by atoms with Gasteiger partial charge in [0.25, 0.3) is 5.56 Å². The van der Waals surface area contributed by atoms with Crippen LogP contribution in [-0.4, -0.2) is 26.1 Å². The number of aromatic nitrogens is 2. The van der Waals surface area contributed by atoms with Crippen molar-refractivity contribution in [3.8, 4) is 5.69 Å². The first-order valence-corrected chi connectivity index (χ1v) is 10.8. The second-order valence-electron chi connectivity index (χ2n) is 7.15. The maximum atomic E-state index is 13.5. The van der Waals surface area contributed by atoms with E-state index < -0.39 is 22.3 Å². The smallest absolute Gasteiger partial charge is 0.306 e. The van der Waals surface area contributed by atoms with Crippen molar-refractivity contribution in [2.75, 3.05) is 11.1 Å². The maximum absolute atomic E-state index is 13.5. The summed E-state index contributed by atoms with van der Waals surface area (Å²) in [4.78, 5) is 40.4. The highest BCUT2D eigenvalue weighted by molar-refractivity contribution is 7.99. The number of nitrogens with zero attached hydrogens (tertiary/aromatic N) is 3. The summed E-state index contributed by atoms with van der Waals surface area (Å²) in [6.45, 7) is 1.91. The standard InChI is InChI=1S/C23H17FN4O4S/c1-14-5-4-6-16(11-14)27-22(30)17-7-2-3-8-19(17)26-23(27)33-13-21(29)25-15-9-10-18(24)20(12-15)28(31)32/h2-12H,13H2,1H3,(H,25,29). The molecule has 0 aliphatic heterocycles. The Labute approximate surface area is 191 Å². The van der Waals surface area contributed by atoms with E-state index in [1.165, 1.54) is 10.6 Å². The van der Waals surface area contributed by atoms with Crippen LogP contribution in [0.25, 0.3) is 16.6 Å². The number of anilines is 1. The van der Waals surface area contributed by atoms with E-state index in [1.807, 2.05) is 25.1 Å². The van der Waals surface area contributed by atoms with Crippen LogP contribution in [0, 0.1) is 22.9 Å². The number of hydrogen-bond acceptors (Lipinski definition) is 6. The first-order valence-electron chi connectivity index (χ1n) is 9.79. The van der Waals surface area contributed by atoms with Crippen LogP contribution in [0.4, 0.5) is 15.8 Å².